The molecule has 3 aliphatic rings. The van der Waals surface area contributed by atoms with Crippen molar-refractivity contribution in [1.82, 2.24) is 4.98 Å². The largest absolute Gasteiger partial charge is 0.489 e. The van der Waals surface area contributed by atoms with Crippen molar-refractivity contribution in [2.75, 3.05) is 19.8 Å². The number of hydrogen-bond donors (Lipinski definition) is 1. The van der Waals surface area contributed by atoms with E-state index >= 15 is 0 Å². The van der Waals surface area contributed by atoms with Gasteiger partial charge in [-0.15, -0.1) is 0 Å². The minimum absolute atomic E-state index is 0.0574. The predicted octanol–water partition coefficient (Wildman–Crippen LogP) is 2.62. The van der Waals surface area contributed by atoms with Crippen molar-refractivity contribution in [3.8, 4) is 16.9 Å². The number of hydrogen-bond acceptors (Lipinski definition) is 6. The first-order chi connectivity index (χ1) is 13.0. The van der Waals surface area contributed by atoms with Crippen LogP contribution in [0.15, 0.2) is 41.5 Å². The van der Waals surface area contributed by atoms with E-state index in [0.29, 0.717) is 30.9 Å². The highest BCUT2D eigenvalue weighted by atomic mass is 19.1. The molecule has 2 N–H and O–H groups in total. The monoisotopic (exact) mass is 369 g/mol. The third-order valence-corrected chi connectivity index (χ3v) is 6.08. The normalized spacial score (nSPS) is 31.5. The number of halogens is 1. The number of benzene rings is 1. The summed E-state index contributed by atoms with van der Waals surface area (Å²) in [6, 6.07) is 9.21. The summed E-state index contributed by atoms with van der Waals surface area (Å²) < 4.78 is 32.0. The number of amidine groups is 1. The lowest BCUT2D eigenvalue weighted by Gasteiger charge is -2.53. The van der Waals surface area contributed by atoms with Gasteiger partial charge >= 0.3 is 0 Å². The molecule has 1 aromatic heterocycles. The lowest BCUT2D eigenvalue weighted by atomic mass is 9.61. The summed E-state index contributed by atoms with van der Waals surface area (Å²) in [7, 11) is 0. The van der Waals surface area contributed by atoms with Crippen molar-refractivity contribution < 1.29 is 18.6 Å². The minimum Gasteiger partial charge on any atom is -0.489 e. The van der Waals surface area contributed by atoms with Gasteiger partial charge in [0.25, 0.3) is 6.02 Å². The molecule has 1 saturated heterocycles. The van der Waals surface area contributed by atoms with Crippen molar-refractivity contribution >= 4 is 6.02 Å². The van der Waals surface area contributed by atoms with E-state index in [1.807, 2.05) is 18.2 Å². The molecule has 0 bridgehead atoms. The fraction of sp³-hybridized carbons (Fsp3) is 0.400. The van der Waals surface area contributed by atoms with Crippen LogP contribution in [0.5, 0.6) is 5.75 Å². The lowest BCUT2D eigenvalue weighted by Crippen LogP contribution is -2.60. The first kappa shape index (κ1) is 16.5. The number of rotatable bonds is 1. The average molecular weight is 369 g/mol. The maximum Gasteiger partial charge on any atom is 0.283 e. The fourth-order valence-corrected chi connectivity index (χ4v) is 4.51. The van der Waals surface area contributed by atoms with Crippen LogP contribution in [0, 0.1) is 11.4 Å². The molecule has 1 spiro atoms. The van der Waals surface area contributed by atoms with Gasteiger partial charge in [-0.05, 0) is 29.8 Å². The quantitative estimate of drug-likeness (QED) is 0.782. The fourth-order valence-electron chi connectivity index (χ4n) is 4.51. The number of nitrogens with two attached hydrogens (primary N) is 1. The third-order valence-electron chi connectivity index (χ3n) is 6.08. The van der Waals surface area contributed by atoms with Crippen LogP contribution in [0.1, 0.15) is 18.9 Å². The van der Waals surface area contributed by atoms with Crippen LogP contribution in [-0.4, -0.2) is 36.9 Å². The Labute approximate surface area is 156 Å². The van der Waals surface area contributed by atoms with Crippen LogP contribution in [0.25, 0.3) is 11.1 Å². The van der Waals surface area contributed by atoms with Gasteiger partial charge in [-0.1, -0.05) is 13.0 Å². The zero-order chi connectivity index (χ0) is 18.6. The number of fused-ring (bicyclic) bond motifs is 4. The van der Waals surface area contributed by atoms with E-state index < -0.39 is 16.9 Å². The Balaban J connectivity index is 1.73. The summed E-state index contributed by atoms with van der Waals surface area (Å²) in [5.41, 5.74) is 6.74. The highest BCUT2D eigenvalue weighted by Gasteiger charge is 2.62. The molecule has 0 saturated carbocycles. The van der Waals surface area contributed by atoms with Gasteiger partial charge in [-0.25, -0.2) is 9.98 Å². The molecule has 3 atom stereocenters. The van der Waals surface area contributed by atoms with E-state index in [-0.39, 0.29) is 12.1 Å². The molecule has 3 aliphatic heterocycles. The SMILES string of the molecule is C[C@@]12COCCC1Oc1ccc(-c3cccnc3F)cc1[C@@]21COC(N)=N1. The molecular weight excluding hydrogens is 349 g/mol. The van der Waals surface area contributed by atoms with Crippen LogP contribution in [0.3, 0.4) is 0 Å². The Morgan fingerprint density at radius 2 is 2.15 bits per heavy atom. The Hall–Kier alpha value is -2.67. The van der Waals surface area contributed by atoms with E-state index in [0.717, 1.165) is 17.7 Å². The number of aliphatic imine (C=N–C) groups is 1. The summed E-state index contributed by atoms with van der Waals surface area (Å²) in [5, 5.41) is 0. The van der Waals surface area contributed by atoms with Gasteiger partial charge in [-0.3, -0.25) is 0 Å². The van der Waals surface area contributed by atoms with Gasteiger partial charge in [0.2, 0.25) is 5.95 Å². The lowest BCUT2D eigenvalue weighted by molar-refractivity contribution is -0.134. The molecule has 4 heterocycles. The van der Waals surface area contributed by atoms with Gasteiger partial charge in [0.1, 0.15) is 24.0 Å². The number of ether oxygens (including phenoxy) is 3. The molecule has 140 valence electrons. The van der Waals surface area contributed by atoms with Crippen LogP contribution in [-0.2, 0) is 15.0 Å². The molecule has 0 radical (unpaired) electrons. The van der Waals surface area contributed by atoms with Gasteiger partial charge in [0, 0.05) is 23.7 Å². The summed E-state index contributed by atoms with van der Waals surface area (Å²) in [4.78, 5) is 8.49. The van der Waals surface area contributed by atoms with E-state index in [2.05, 4.69) is 11.9 Å². The number of nitrogens with zero attached hydrogens (tertiary/aromatic N) is 2. The molecule has 27 heavy (non-hydrogen) atoms. The van der Waals surface area contributed by atoms with Gasteiger partial charge in [-0.2, -0.15) is 4.39 Å². The third kappa shape index (κ3) is 2.21. The second-order valence-corrected chi connectivity index (χ2v) is 7.52. The highest BCUT2D eigenvalue weighted by molar-refractivity contribution is 5.76. The van der Waals surface area contributed by atoms with E-state index in [1.54, 1.807) is 12.1 Å². The Bertz CT molecular complexity index is 950. The van der Waals surface area contributed by atoms with Crippen molar-refractivity contribution in [2.24, 2.45) is 16.1 Å². The summed E-state index contributed by atoms with van der Waals surface area (Å²) in [6.07, 6.45) is 2.15. The molecular formula is C20H20FN3O3. The summed E-state index contributed by atoms with van der Waals surface area (Å²) in [6.45, 7) is 3.54. The van der Waals surface area contributed by atoms with Crippen LogP contribution < -0.4 is 10.5 Å². The van der Waals surface area contributed by atoms with E-state index in [1.165, 1.54) is 6.20 Å². The van der Waals surface area contributed by atoms with E-state index in [9.17, 15) is 4.39 Å². The summed E-state index contributed by atoms with van der Waals surface area (Å²) >= 11 is 0. The summed E-state index contributed by atoms with van der Waals surface area (Å²) in [5.74, 6) is 0.216. The standard InChI is InChI=1S/C20H20FN3O3/c1-19-10-25-8-6-16(19)27-15-5-4-12(13-3-2-7-23-17(13)21)9-14(15)20(19)11-26-18(22)24-20/h2-5,7,9,16H,6,8,10-11H2,1H3,(H2,22,24)/t16?,19-,20+/m1/s1. The second-order valence-electron chi connectivity index (χ2n) is 7.52. The van der Waals surface area contributed by atoms with Crippen molar-refractivity contribution in [3.05, 3.63) is 48.0 Å². The minimum atomic E-state index is -0.732. The van der Waals surface area contributed by atoms with Crippen molar-refractivity contribution in [2.45, 2.75) is 25.0 Å². The molecule has 5 rings (SSSR count). The van der Waals surface area contributed by atoms with Gasteiger partial charge in [0.15, 0.2) is 0 Å². The maximum atomic E-state index is 14.2. The van der Waals surface area contributed by atoms with E-state index in [4.69, 9.17) is 24.9 Å². The topological polar surface area (TPSA) is 79.0 Å². The maximum absolute atomic E-state index is 14.2. The molecule has 2 aromatic rings. The average Bonchev–Trinajstić information content (AvgIpc) is 3.07. The van der Waals surface area contributed by atoms with Crippen molar-refractivity contribution in [3.63, 3.8) is 0 Å². The highest BCUT2D eigenvalue weighted by Crippen LogP contribution is 2.57. The Kier molecular flexibility index (Phi) is 3.46. The predicted molar refractivity (Wildman–Crippen MR) is 96.8 cm³/mol. The first-order valence-corrected chi connectivity index (χ1v) is 9.01. The molecule has 1 fully saturated rings. The Morgan fingerprint density at radius 3 is 2.93 bits per heavy atom. The Morgan fingerprint density at radius 1 is 1.26 bits per heavy atom. The molecule has 1 unspecified atom stereocenters. The zero-order valence-electron chi connectivity index (χ0n) is 14.9. The molecule has 1 aromatic carbocycles. The zero-order valence-corrected chi connectivity index (χ0v) is 14.9. The molecule has 0 aliphatic carbocycles. The van der Waals surface area contributed by atoms with Gasteiger partial charge in [0.05, 0.1) is 18.6 Å². The smallest absolute Gasteiger partial charge is 0.283 e. The van der Waals surface area contributed by atoms with Crippen LogP contribution in [0.4, 0.5) is 4.39 Å². The first-order valence-electron chi connectivity index (χ1n) is 9.01. The molecule has 6 nitrogen and oxygen atoms in total. The van der Waals surface area contributed by atoms with Gasteiger partial charge < -0.3 is 19.9 Å². The molecule has 7 heteroatoms. The van der Waals surface area contributed by atoms with Crippen LogP contribution >= 0.6 is 0 Å². The van der Waals surface area contributed by atoms with Crippen LogP contribution in [0.2, 0.25) is 0 Å². The number of aromatic nitrogens is 1. The second kappa shape index (κ2) is 5.66. The number of pyridine rings is 1. The molecule has 0 amide bonds. The van der Waals surface area contributed by atoms with Crippen molar-refractivity contribution in [1.29, 1.82) is 0 Å².